The fourth-order valence-corrected chi connectivity index (χ4v) is 2.54. The number of carbonyl (C=O) groups is 1. The molecule has 1 aliphatic heterocycles. The second-order valence-corrected chi connectivity index (χ2v) is 5.44. The van der Waals surface area contributed by atoms with Gasteiger partial charge < -0.3 is 20.5 Å². The highest BCUT2D eigenvalue weighted by atomic mass is 19.1. The first kappa shape index (κ1) is 15.6. The number of rotatable bonds is 5. The summed E-state index contributed by atoms with van der Waals surface area (Å²) in [5.74, 6) is -0.284. The van der Waals surface area contributed by atoms with Crippen LogP contribution in [0, 0.1) is 5.82 Å². The first-order valence-electron chi connectivity index (χ1n) is 7.16. The minimum Gasteiger partial charge on any atom is -0.490 e. The monoisotopic (exact) mass is 296 g/mol. The molecule has 1 aromatic rings. The summed E-state index contributed by atoms with van der Waals surface area (Å²) in [5, 5.41) is 9.13. The molecule has 0 bridgehead atoms. The maximum absolute atomic E-state index is 14.0. The van der Waals surface area contributed by atoms with Crippen LogP contribution in [0.1, 0.15) is 37.8 Å². The molecule has 1 aromatic carbocycles. The van der Waals surface area contributed by atoms with Gasteiger partial charge in [0.2, 0.25) is 0 Å². The predicted molar refractivity (Wildman–Crippen MR) is 76.9 cm³/mol. The zero-order chi connectivity index (χ0) is 15.4. The average molecular weight is 296 g/mol. The van der Waals surface area contributed by atoms with Gasteiger partial charge in [0.05, 0.1) is 12.6 Å². The lowest BCUT2D eigenvalue weighted by Gasteiger charge is -2.22. The molecule has 6 heteroatoms. The van der Waals surface area contributed by atoms with Gasteiger partial charge in [-0.3, -0.25) is 0 Å². The quantitative estimate of drug-likeness (QED) is 0.876. The fraction of sp³-hybridized carbons (Fsp3) is 0.533. The summed E-state index contributed by atoms with van der Waals surface area (Å²) in [7, 11) is 0. The number of nitrogens with zero attached hydrogens (tertiary/aromatic N) is 1. The molecule has 1 saturated heterocycles. The van der Waals surface area contributed by atoms with Gasteiger partial charge in [-0.05, 0) is 43.9 Å². The third kappa shape index (κ3) is 3.85. The van der Waals surface area contributed by atoms with Gasteiger partial charge in [0.1, 0.15) is 0 Å². The fourth-order valence-electron chi connectivity index (χ4n) is 2.54. The van der Waals surface area contributed by atoms with Gasteiger partial charge in [-0.15, -0.1) is 0 Å². The van der Waals surface area contributed by atoms with Crippen molar-refractivity contribution >= 4 is 6.09 Å². The molecule has 3 N–H and O–H groups in total. The van der Waals surface area contributed by atoms with Gasteiger partial charge in [-0.2, -0.15) is 0 Å². The van der Waals surface area contributed by atoms with Crippen LogP contribution in [0.15, 0.2) is 18.2 Å². The van der Waals surface area contributed by atoms with Crippen LogP contribution in [0.25, 0.3) is 0 Å². The third-order valence-electron chi connectivity index (χ3n) is 3.67. The largest absolute Gasteiger partial charge is 0.490 e. The van der Waals surface area contributed by atoms with E-state index in [4.69, 9.17) is 15.6 Å². The highest BCUT2D eigenvalue weighted by Gasteiger charge is 2.30. The topological polar surface area (TPSA) is 75.8 Å². The molecule has 1 aliphatic rings. The molecule has 1 heterocycles. The number of ether oxygens (including phenoxy) is 1. The molecular formula is C15H21FN2O3. The average Bonchev–Trinajstić information content (AvgIpc) is 2.89. The Kier molecular flexibility index (Phi) is 5.01. The first-order valence-corrected chi connectivity index (χ1v) is 7.16. The second-order valence-electron chi connectivity index (χ2n) is 5.44. The zero-order valence-electron chi connectivity index (χ0n) is 12.1. The third-order valence-corrected chi connectivity index (χ3v) is 3.67. The molecule has 0 spiro atoms. The van der Waals surface area contributed by atoms with Crippen molar-refractivity contribution in [3.8, 4) is 5.75 Å². The summed E-state index contributed by atoms with van der Waals surface area (Å²) >= 11 is 0. The Morgan fingerprint density at radius 1 is 1.62 bits per heavy atom. The lowest BCUT2D eigenvalue weighted by atomic mass is 10.0. The highest BCUT2D eigenvalue weighted by molar-refractivity contribution is 5.66. The number of hydrogen-bond donors (Lipinski definition) is 2. The number of likely N-dealkylation sites (tertiary alicyclic amines) is 1. The van der Waals surface area contributed by atoms with E-state index < -0.39 is 11.9 Å². The zero-order valence-corrected chi connectivity index (χ0v) is 12.1. The van der Waals surface area contributed by atoms with E-state index >= 15 is 0 Å². The van der Waals surface area contributed by atoms with Gasteiger partial charge in [0.25, 0.3) is 0 Å². The van der Waals surface area contributed by atoms with E-state index in [0.29, 0.717) is 25.1 Å². The normalized spacial score (nSPS) is 19.6. The van der Waals surface area contributed by atoms with E-state index in [0.717, 1.165) is 12.8 Å². The first-order chi connectivity index (χ1) is 9.99. The number of carboxylic acid groups (broad SMARTS) is 1. The Labute approximate surface area is 123 Å². The van der Waals surface area contributed by atoms with E-state index in [9.17, 15) is 9.18 Å². The molecule has 5 nitrogen and oxygen atoms in total. The molecule has 0 unspecified atom stereocenters. The molecule has 0 saturated carbocycles. The van der Waals surface area contributed by atoms with E-state index in [1.807, 2.05) is 6.92 Å². The Morgan fingerprint density at radius 2 is 2.38 bits per heavy atom. The van der Waals surface area contributed by atoms with Crippen molar-refractivity contribution in [1.82, 2.24) is 4.90 Å². The predicted octanol–water partition coefficient (Wildman–Crippen LogP) is 2.76. The number of benzene rings is 1. The van der Waals surface area contributed by atoms with Crippen molar-refractivity contribution in [1.29, 1.82) is 0 Å². The maximum Gasteiger partial charge on any atom is 0.407 e. The minimum atomic E-state index is -0.963. The van der Waals surface area contributed by atoms with Gasteiger partial charge >= 0.3 is 6.09 Å². The maximum atomic E-state index is 14.0. The van der Waals surface area contributed by atoms with E-state index in [2.05, 4.69) is 0 Å². The molecular weight excluding hydrogens is 275 g/mol. The second kappa shape index (κ2) is 6.76. The van der Waals surface area contributed by atoms with Crippen LogP contribution in [0.2, 0.25) is 0 Å². The summed E-state index contributed by atoms with van der Waals surface area (Å²) in [6.07, 6.45) is 1.20. The van der Waals surface area contributed by atoms with Crippen molar-refractivity contribution in [2.45, 2.75) is 38.3 Å². The van der Waals surface area contributed by atoms with Gasteiger partial charge in [0, 0.05) is 12.6 Å². The summed E-state index contributed by atoms with van der Waals surface area (Å²) in [6.45, 7) is 2.72. The van der Waals surface area contributed by atoms with Crippen LogP contribution in [0.4, 0.5) is 9.18 Å². The molecule has 1 fully saturated rings. The summed E-state index contributed by atoms with van der Waals surface area (Å²) in [4.78, 5) is 12.5. The molecule has 1 amide bonds. The number of nitrogens with two attached hydrogens (primary N) is 1. The van der Waals surface area contributed by atoms with E-state index in [1.54, 1.807) is 12.1 Å². The number of hydrogen-bond acceptors (Lipinski definition) is 3. The molecule has 0 aliphatic carbocycles. The lowest BCUT2D eigenvalue weighted by molar-refractivity contribution is 0.140. The van der Waals surface area contributed by atoms with Crippen molar-refractivity contribution in [2.75, 3.05) is 13.2 Å². The standard InChI is InChI=1S/C15H21FN2O3/c1-10(17)6-8-21-14-5-4-11(9-12(14)16)13-3-2-7-18(13)15(19)20/h4-5,9-10,13H,2-3,6-8,17H2,1H3,(H,19,20)/t10-,13-/m1/s1. The van der Waals surface area contributed by atoms with Gasteiger partial charge in [-0.25, -0.2) is 9.18 Å². The number of amides is 1. The van der Waals surface area contributed by atoms with Crippen molar-refractivity contribution in [3.05, 3.63) is 29.6 Å². The van der Waals surface area contributed by atoms with Crippen molar-refractivity contribution < 1.29 is 19.0 Å². The Bertz CT molecular complexity index is 508. The van der Waals surface area contributed by atoms with Crippen molar-refractivity contribution in [3.63, 3.8) is 0 Å². The molecule has 0 radical (unpaired) electrons. The molecule has 2 rings (SSSR count). The number of halogens is 1. The molecule has 116 valence electrons. The van der Waals surface area contributed by atoms with Crippen LogP contribution in [-0.2, 0) is 0 Å². The summed E-state index contributed by atoms with van der Waals surface area (Å²) < 4.78 is 19.4. The molecule has 2 atom stereocenters. The summed E-state index contributed by atoms with van der Waals surface area (Å²) in [6, 6.07) is 4.40. The minimum absolute atomic E-state index is 0.00921. The van der Waals surface area contributed by atoms with E-state index in [1.165, 1.54) is 11.0 Å². The van der Waals surface area contributed by atoms with E-state index in [-0.39, 0.29) is 17.8 Å². The summed E-state index contributed by atoms with van der Waals surface area (Å²) in [5.41, 5.74) is 6.28. The molecule has 0 aromatic heterocycles. The van der Waals surface area contributed by atoms with Crippen molar-refractivity contribution in [2.24, 2.45) is 5.73 Å². The van der Waals surface area contributed by atoms with Crippen LogP contribution in [0.5, 0.6) is 5.75 Å². The Balaban J connectivity index is 2.06. The highest BCUT2D eigenvalue weighted by Crippen LogP contribution is 2.33. The van der Waals surface area contributed by atoms with Gasteiger partial charge in [0.15, 0.2) is 11.6 Å². The van der Waals surface area contributed by atoms with Crippen LogP contribution < -0.4 is 10.5 Å². The van der Waals surface area contributed by atoms with Crippen LogP contribution >= 0.6 is 0 Å². The lowest BCUT2D eigenvalue weighted by Crippen LogP contribution is -2.28. The van der Waals surface area contributed by atoms with Crippen LogP contribution in [-0.4, -0.2) is 35.3 Å². The Morgan fingerprint density at radius 3 is 3.00 bits per heavy atom. The molecule has 21 heavy (non-hydrogen) atoms. The smallest absolute Gasteiger partial charge is 0.407 e. The SMILES string of the molecule is C[C@@H](N)CCOc1ccc([C@H]2CCCN2C(=O)O)cc1F. The van der Waals surface area contributed by atoms with Crippen LogP contribution in [0.3, 0.4) is 0 Å². The van der Waals surface area contributed by atoms with Gasteiger partial charge in [-0.1, -0.05) is 6.07 Å². The Hall–Kier alpha value is -1.82.